The average Bonchev–Trinajstić information content (AvgIpc) is 2.37. The second-order valence-electron chi connectivity index (χ2n) is 4.50. The molecular weight excluding hydrogens is 270 g/mol. The van der Waals surface area contributed by atoms with Crippen LogP contribution in [0.4, 0.5) is 14.5 Å². The Morgan fingerprint density at radius 2 is 1.95 bits per heavy atom. The highest BCUT2D eigenvalue weighted by atomic mass is 19.3. The molecule has 0 bridgehead atoms. The SMILES string of the molecule is COc1ccc(NC(=O)C(N)C(C)C)cc1OC(F)F. The van der Waals surface area contributed by atoms with Crippen molar-refractivity contribution in [3.8, 4) is 11.5 Å². The third kappa shape index (κ3) is 4.34. The molecule has 0 aliphatic carbocycles. The minimum atomic E-state index is -2.98. The lowest BCUT2D eigenvalue weighted by molar-refractivity contribution is -0.118. The summed E-state index contributed by atoms with van der Waals surface area (Å²) >= 11 is 0. The zero-order valence-corrected chi connectivity index (χ0v) is 11.5. The van der Waals surface area contributed by atoms with Crippen molar-refractivity contribution >= 4 is 11.6 Å². The Kier molecular flexibility index (Phi) is 5.69. The van der Waals surface area contributed by atoms with Gasteiger partial charge in [-0.15, -0.1) is 0 Å². The zero-order chi connectivity index (χ0) is 15.3. The number of rotatable bonds is 6. The van der Waals surface area contributed by atoms with E-state index in [2.05, 4.69) is 10.1 Å². The maximum absolute atomic E-state index is 12.3. The van der Waals surface area contributed by atoms with Gasteiger partial charge in [0.15, 0.2) is 11.5 Å². The van der Waals surface area contributed by atoms with Crippen LogP contribution in [0.25, 0.3) is 0 Å². The zero-order valence-electron chi connectivity index (χ0n) is 11.5. The number of methoxy groups -OCH3 is 1. The first kappa shape index (κ1) is 16.2. The third-order valence-corrected chi connectivity index (χ3v) is 2.67. The molecule has 0 radical (unpaired) electrons. The van der Waals surface area contributed by atoms with E-state index in [0.29, 0.717) is 5.69 Å². The number of amides is 1. The Balaban J connectivity index is 2.89. The van der Waals surface area contributed by atoms with Gasteiger partial charge in [-0.1, -0.05) is 13.8 Å². The fourth-order valence-corrected chi connectivity index (χ4v) is 1.47. The maximum atomic E-state index is 12.3. The van der Waals surface area contributed by atoms with Crippen molar-refractivity contribution in [2.24, 2.45) is 11.7 Å². The molecule has 0 saturated heterocycles. The standard InChI is InChI=1S/C13H18F2N2O3/c1-7(2)11(16)12(18)17-8-4-5-9(19-3)10(6-8)20-13(14)15/h4-7,11,13H,16H2,1-3H3,(H,17,18). The van der Waals surface area contributed by atoms with Crippen LogP contribution in [0.5, 0.6) is 11.5 Å². The summed E-state index contributed by atoms with van der Waals surface area (Å²) in [6.07, 6.45) is 0. The van der Waals surface area contributed by atoms with E-state index < -0.39 is 18.6 Å². The number of alkyl halides is 2. The number of halogens is 2. The summed E-state index contributed by atoms with van der Waals surface area (Å²) in [6, 6.07) is 3.52. The summed E-state index contributed by atoms with van der Waals surface area (Å²) < 4.78 is 33.8. The number of nitrogens with one attached hydrogen (secondary N) is 1. The molecule has 20 heavy (non-hydrogen) atoms. The van der Waals surface area contributed by atoms with Gasteiger partial charge in [0.25, 0.3) is 0 Å². The van der Waals surface area contributed by atoms with Crippen LogP contribution in [-0.2, 0) is 4.79 Å². The van der Waals surface area contributed by atoms with Crippen molar-refractivity contribution in [2.75, 3.05) is 12.4 Å². The number of anilines is 1. The van der Waals surface area contributed by atoms with E-state index in [1.807, 2.05) is 13.8 Å². The molecule has 3 N–H and O–H groups in total. The van der Waals surface area contributed by atoms with Crippen molar-refractivity contribution in [2.45, 2.75) is 26.5 Å². The number of nitrogens with two attached hydrogens (primary N) is 1. The van der Waals surface area contributed by atoms with E-state index in [1.165, 1.54) is 25.3 Å². The van der Waals surface area contributed by atoms with E-state index in [4.69, 9.17) is 10.5 Å². The normalized spacial score (nSPS) is 12.4. The van der Waals surface area contributed by atoms with Crippen molar-refractivity contribution in [3.63, 3.8) is 0 Å². The van der Waals surface area contributed by atoms with Gasteiger partial charge in [-0.2, -0.15) is 8.78 Å². The summed E-state index contributed by atoms with van der Waals surface area (Å²) in [7, 11) is 1.33. The first-order valence-electron chi connectivity index (χ1n) is 6.04. The Bertz CT molecular complexity index is 467. The van der Waals surface area contributed by atoms with Gasteiger partial charge in [0, 0.05) is 11.8 Å². The monoisotopic (exact) mass is 288 g/mol. The number of benzene rings is 1. The summed E-state index contributed by atoms with van der Waals surface area (Å²) in [5.74, 6) is -0.437. The number of carbonyl (C=O) groups is 1. The first-order chi connectivity index (χ1) is 9.35. The number of hydrogen-bond donors (Lipinski definition) is 2. The van der Waals surface area contributed by atoms with E-state index in [0.717, 1.165) is 0 Å². The smallest absolute Gasteiger partial charge is 0.387 e. The summed E-state index contributed by atoms with van der Waals surface area (Å²) in [5.41, 5.74) is 6.00. The molecule has 0 heterocycles. The van der Waals surface area contributed by atoms with Crippen LogP contribution in [0.1, 0.15) is 13.8 Å². The Labute approximate surface area is 116 Å². The molecule has 1 atom stereocenters. The second-order valence-corrected chi connectivity index (χ2v) is 4.50. The highest BCUT2D eigenvalue weighted by Crippen LogP contribution is 2.31. The fraction of sp³-hybridized carbons (Fsp3) is 0.462. The molecule has 1 unspecified atom stereocenters. The van der Waals surface area contributed by atoms with Crippen LogP contribution >= 0.6 is 0 Å². The lowest BCUT2D eigenvalue weighted by Crippen LogP contribution is -2.39. The van der Waals surface area contributed by atoms with Gasteiger partial charge >= 0.3 is 6.61 Å². The minimum Gasteiger partial charge on any atom is -0.493 e. The molecule has 1 aromatic carbocycles. The number of hydrogen-bond acceptors (Lipinski definition) is 4. The molecule has 7 heteroatoms. The van der Waals surface area contributed by atoms with Crippen LogP contribution in [0, 0.1) is 5.92 Å². The van der Waals surface area contributed by atoms with Crippen LogP contribution in [0.15, 0.2) is 18.2 Å². The van der Waals surface area contributed by atoms with Crippen LogP contribution in [-0.4, -0.2) is 25.7 Å². The molecule has 1 aromatic rings. The highest BCUT2D eigenvalue weighted by molar-refractivity contribution is 5.95. The molecule has 0 spiro atoms. The van der Waals surface area contributed by atoms with E-state index in [1.54, 1.807) is 0 Å². The molecule has 1 amide bonds. The predicted octanol–water partition coefficient (Wildman–Crippen LogP) is 2.22. The summed E-state index contributed by atoms with van der Waals surface area (Å²) in [4.78, 5) is 11.8. The average molecular weight is 288 g/mol. The van der Waals surface area contributed by atoms with Crippen LogP contribution in [0.2, 0.25) is 0 Å². The topological polar surface area (TPSA) is 73.6 Å². The summed E-state index contributed by atoms with van der Waals surface area (Å²) in [5, 5.41) is 2.54. The van der Waals surface area contributed by atoms with Crippen molar-refractivity contribution in [3.05, 3.63) is 18.2 Å². The van der Waals surface area contributed by atoms with E-state index in [-0.39, 0.29) is 17.4 Å². The largest absolute Gasteiger partial charge is 0.493 e. The van der Waals surface area contributed by atoms with Crippen LogP contribution < -0.4 is 20.5 Å². The number of carbonyl (C=O) groups excluding carboxylic acids is 1. The molecule has 0 aliphatic rings. The lowest BCUT2D eigenvalue weighted by Gasteiger charge is -2.16. The Morgan fingerprint density at radius 1 is 1.30 bits per heavy atom. The van der Waals surface area contributed by atoms with Gasteiger partial charge in [-0.3, -0.25) is 4.79 Å². The molecule has 0 aliphatic heterocycles. The van der Waals surface area contributed by atoms with Gasteiger partial charge in [0.2, 0.25) is 5.91 Å². The minimum absolute atomic E-state index is 0.0370. The van der Waals surface area contributed by atoms with Gasteiger partial charge in [-0.25, -0.2) is 0 Å². The van der Waals surface area contributed by atoms with E-state index >= 15 is 0 Å². The van der Waals surface area contributed by atoms with Gasteiger partial charge in [0.1, 0.15) is 0 Å². The molecule has 112 valence electrons. The third-order valence-electron chi connectivity index (χ3n) is 2.67. The van der Waals surface area contributed by atoms with E-state index in [9.17, 15) is 13.6 Å². The predicted molar refractivity (Wildman–Crippen MR) is 71.1 cm³/mol. The quantitative estimate of drug-likeness (QED) is 0.841. The molecule has 0 fully saturated rings. The van der Waals surface area contributed by atoms with Gasteiger partial charge in [0.05, 0.1) is 13.2 Å². The second kappa shape index (κ2) is 7.04. The number of ether oxygens (including phenoxy) is 2. The maximum Gasteiger partial charge on any atom is 0.387 e. The van der Waals surface area contributed by atoms with Crippen molar-refractivity contribution < 1.29 is 23.0 Å². The first-order valence-corrected chi connectivity index (χ1v) is 6.04. The molecule has 0 saturated carbocycles. The molecule has 0 aromatic heterocycles. The molecule has 1 rings (SSSR count). The lowest BCUT2D eigenvalue weighted by atomic mass is 10.0. The Morgan fingerprint density at radius 3 is 2.45 bits per heavy atom. The Hall–Kier alpha value is -1.89. The van der Waals surface area contributed by atoms with Crippen LogP contribution in [0.3, 0.4) is 0 Å². The summed E-state index contributed by atoms with van der Waals surface area (Å²) in [6.45, 7) is 0.639. The van der Waals surface area contributed by atoms with Crippen molar-refractivity contribution in [1.82, 2.24) is 0 Å². The van der Waals surface area contributed by atoms with Gasteiger partial charge in [-0.05, 0) is 18.1 Å². The fourth-order valence-electron chi connectivity index (χ4n) is 1.47. The highest BCUT2D eigenvalue weighted by Gasteiger charge is 2.18. The molecule has 5 nitrogen and oxygen atoms in total. The van der Waals surface area contributed by atoms with Gasteiger partial charge < -0.3 is 20.5 Å². The van der Waals surface area contributed by atoms with Crippen molar-refractivity contribution in [1.29, 1.82) is 0 Å². The molecular formula is C13H18F2N2O3.